The van der Waals surface area contributed by atoms with E-state index in [9.17, 15) is 39.9 Å². The number of aliphatic hydroxyl groups excluding tert-OH is 3. The maximum absolute atomic E-state index is 12.0. The third kappa shape index (κ3) is 9.07. The van der Waals surface area contributed by atoms with Crippen LogP contribution in [0, 0.1) is 5.92 Å². The van der Waals surface area contributed by atoms with E-state index < -0.39 is 79.6 Å². The first-order valence-electron chi connectivity index (χ1n) is 10.2. The Bertz CT molecular complexity index is 719. The van der Waals surface area contributed by atoms with Crippen molar-refractivity contribution in [3.05, 3.63) is 0 Å². The van der Waals surface area contributed by atoms with Crippen LogP contribution < -0.4 is 22.5 Å². The standard InChI is InChI=1S/C18H33N5O10/c1-8(24)23-14(27)13-11(26)6-18(31,16(29)30)33-12(13)5-9(25)7-32-15(28)10(19)3-2-4-22-17(20)21/h9-14,25-27,31H,2-7,19H2,1H3,(H,23,24)(H,29,30)(H4,20,21,22)/t9-,10+,11-,12-,13-,14-,18-/m0/s1. The van der Waals surface area contributed by atoms with Gasteiger partial charge in [-0.05, 0) is 12.8 Å². The molecule has 1 saturated heterocycles. The fourth-order valence-electron chi connectivity index (χ4n) is 3.36. The summed E-state index contributed by atoms with van der Waals surface area (Å²) in [7, 11) is 0. The van der Waals surface area contributed by atoms with Crippen LogP contribution >= 0.6 is 0 Å². The maximum Gasteiger partial charge on any atom is 0.364 e. The van der Waals surface area contributed by atoms with Crippen molar-refractivity contribution in [2.24, 2.45) is 28.1 Å². The van der Waals surface area contributed by atoms with Gasteiger partial charge in [-0.25, -0.2) is 4.79 Å². The van der Waals surface area contributed by atoms with Crippen LogP contribution in [-0.4, -0.2) is 98.9 Å². The lowest BCUT2D eigenvalue weighted by molar-refractivity contribution is -0.297. The largest absolute Gasteiger partial charge is 0.477 e. The Balaban J connectivity index is 2.74. The Morgan fingerprint density at radius 2 is 1.94 bits per heavy atom. The van der Waals surface area contributed by atoms with Gasteiger partial charge < -0.3 is 57.5 Å². The van der Waals surface area contributed by atoms with E-state index in [4.69, 9.17) is 26.7 Å². The van der Waals surface area contributed by atoms with E-state index in [-0.39, 0.29) is 18.9 Å². The van der Waals surface area contributed by atoms with Gasteiger partial charge >= 0.3 is 11.9 Å². The number of guanidine groups is 1. The molecule has 15 heteroatoms. The summed E-state index contributed by atoms with van der Waals surface area (Å²) in [4.78, 5) is 38.4. The van der Waals surface area contributed by atoms with Gasteiger partial charge in [-0.2, -0.15) is 0 Å². The van der Waals surface area contributed by atoms with Crippen LogP contribution in [0.3, 0.4) is 0 Å². The molecule has 12 N–H and O–H groups in total. The molecule has 1 amide bonds. The third-order valence-electron chi connectivity index (χ3n) is 4.95. The molecule has 0 radical (unpaired) electrons. The molecule has 0 saturated carbocycles. The molecule has 0 spiro atoms. The van der Waals surface area contributed by atoms with Crippen molar-refractivity contribution in [3.63, 3.8) is 0 Å². The van der Waals surface area contributed by atoms with Crippen LogP contribution in [-0.2, 0) is 23.9 Å². The number of esters is 1. The fraction of sp³-hybridized carbons (Fsp3) is 0.778. The number of amides is 1. The highest BCUT2D eigenvalue weighted by Crippen LogP contribution is 2.35. The summed E-state index contributed by atoms with van der Waals surface area (Å²) in [5.74, 6) is -7.43. The minimum Gasteiger partial charge on any atom is -0.477 e. The number of hydrogen-bond acceptors (Lipinski definition) is 11. The highest BCUT2D eigenvalue weighted by Gasteiger charge is 2.53. The third-order valence-corrected chi connectivity index (χ3v) is 4.95. The van der Waals surface area contributed by atoms with E-state index in [1.54, 1.807) is 0 Å². The van der Waals surface area contributed by atoms with E-state index in [1.807, 2.05) is 0 Å². The first-order chi connectivity index (χ1) is 15.3. The molecule has 1 aliphatic heterocycles. The van der Waals surface area contributed by atoms with Crippen molar-refractivity contribution in [3.8, 4) is 0 Å². The zero-order chi connectivity index (χ0) is 25.3. The smallest absolute Gasteiger partial charge is 0.364 e. The van der Waals surface area contributed by atoms with Gasteiger partial charge in [0.1, 0.15) is 18.9 Å². The van der Waals surface area contributed by atoms with Gasteiger partial charge in [0.25, 0.3) is 5.79 Å². The summed E-state index contributed by atoms with van der Waals surface area (Å²) in [6.07, 6.45) is -6.79. The number of carboxylic acids is 1. The molecule has 0 aliphatic carbocycles. The van der Waals surface area contributed by atoms with Gasteiger partial charge in [0, 0.05) is 26.3 Å². The minimum absolute atomic E-state index is 0.0963. The lowest BCUT2D eigenvalue weighted by atomic mass is 9.83. The summed E-state index contributed by atoms with van der Waals surface area (Å²) in [5.41, 5.74) is 16.1. The predicted molar refractivity (Wildman–Crippen MR) is 111 cm³/mol. The van der Waals surface area contributed by atoms with Crippen LogP contribution in [0.25, 0.3) is 0 Å². The first-order valence-corrected chi connectivity index (χ1v) is 10.2. The normalized spacial score (nSPS) is 27.6. The second kappa shape index (κ2) is 12.6. The number of carbonyl (C=O) groups is 3. The molecular weight excluding hydrogens is 446 g/mol. The van der Waals surface area contributed by atoms with Gasteiger partial charge in [0.2, 0.25) is 5.91 Å². The molecule has 0 aromatic heterocycles. The molecule has 1 fully saturated rings. The molecule has 0 aromatic rings. The molecule has 33 heavy (non-hydrogen) atoms. The summed E-state index contributed by atoms with van der Waals surface area (Å²) in [6.45, 7) is 0.805. The molecule has 190 valence electrons. The van der Waals surface area contributed by atoms with E-state index in [0.29, 0.717) is 6.42 Å². The Hall–Kier alpha value is -2.56. The molecule has 0 unspecified atom stereocenters. The average molecular weight is 479 g/mol. The summed E-state index contributed by atoms with van der Waals surface area (Å²) in [6, 6.07) is -1.01. The Morgan fingerprint density at radius 1 is 1.30 bits per heavy atom. The number of aliphatic carboxylic acids is 1. The van der Waals surface area contributed by atoms with E-state index in [2.05, 4.69) is 10.3 Å². The number of carbonyl (C=O) groups excluding carboxylic acids is 2. The van der Waals surface area contributed by atoms with Gasteiger partial charge in [-0.1, -0.05) is 0 Å². The summed E-state index contributed by atoms with van der Waals surface area (Å²) in [5, 5.41) is 52.3. The number of nitrogens with one attached hydrogen (secondary N) is 1. The van der Waals surface area contributed by atoms with Gasteiger partial charge in [0.05, 0.1) is 24.2 Å². The molecular formula is C18H33N5O10. The predicted octanol–water partition coefficient (Wildman–Crippen LogP) is -4.34. The highest BCUT2D eigenvalue weighted by molar-refractivity contribution is 5.76. The highest BCUT2D eigenvalue weighted by atomic mass is 16.7. The maximum atomic E-state index is 12.0. The number of nitrogens with two attached hydrogens (primary N) is 3. The van der Waals surface area contributed by atoms with Crippen LogP contribution in [0.1, 0.15) is 32.6 Å². The number of rotatable bonds is 12. The minimum atomic E-state index is -2.79. The molecule has 15 nitrogen and oxygen atoms in total. The van der Waals surface area contributed by atoms with Crippen LogP contribution in [0.5, 0.6) is 0 Å². The molecule has 1 rings (SSSR count). The number of carboxylic acid groups (broad SMARTS) is 1. The van der Waals surface area contributed by atoms with Gasteiger partial charge in [0.15, 0.2) is 5.96 Å². The van der Waals surface area contributed by atoms with E-state index in [1.165, 1.54) is 0 Å². The lowest BCUT2D eigenvalue weighted by Gasteiger charge is -2.44. The molecule has 0 bridgehead atoms. The number of ether oxygens (including phenoxy) is 2. The number of nitrogens with zero attached hydrogens (tertiary/aromatic N) is 1. The summed E-state index contributed by atoms with van der Waals surface area (Å²) >= 11 is 0. The van der Waals surface area contributed by atoms with Crippen LogP contribution in [0.4, 0.5) is 0 Å². The number of aliphatic hydroxyl groups is 4. The monoisotopic (exact) mass is 479 g/mol. The lowest BCUT2D eigenvalue weighted by Crippen LogP contribution is -2.61. The van der Waals surface area contributed by atoms with Crippen molar-refractivity contribution >= 4 is 23.8 Å². The molecule has 7 atom stereocenters. The Labute approximate surface area is 189 Å². The van der Waals surface area contributed by atoms with Crippen molar-refractivity contribution in [1.29, 1.82) is 0 Å². The van der Waals surface area contributed by atoms with Gasteiger partial charge in [-0.3, -0.25) is 14.6 Å². The number of aliphatic imine (C=N–C) groups is 1. The fourth-order valence-corrected chi connectivity index (χ4v) is 3.36. The van der Waals surface area contributed by atoms with Crippen LogP contribution in [0.15, 0.2) is 4.99 Å². The molecule has 1 heterocycles. The molecule has 0 aromatic carbocycles. The van der Waals surface area contributed by atoms with E-state index in [0.717, 1.165) is 6.92 Å². The average Bonchev–Trinajstić information content (AvgIpc) is 2.67. The summed E-state index contributed by atoms with van der Waals surface area (Å²) < 4.78 is 10.1. The van der Waals surface area contributed by atoms with E-state index >= 15 is 0 Å². The van der Waals surface area contributed by atoms with Crippen molar-refractivity contribution < 1.29 is 49.4 Å². The Kier molecular flexibility index (Phi) is 10.9. The topological polar surface area (TPSA) is 273 Å². The van der Waals surface area contributed by atoms with Crippen molar-refractivity contribution in [1.82, 2.24) is 5.32 Å². The first kappa shape index (κ1) is 28.5. The second-order valence-electron chi connectivity index (χ2n) is 7.81. The Morgan fingerprint density at radius 3 is 2.48 bits per heavy atom. The number of hydrogen-bond donors (Lipinski definition) is 9. The quantitative estimate of drug-likeness (QED) is 0.0421. The second-order valence-corrected chi connectivity index (χ2v) is 7.81. The van der Waals surface area contributed by atoms with Crippen molar-refractivity contribution in [2.45, 2.75) is 69.0 Å². The van der Waals surface area contributed by atoms with Crippen molar-refractivity contribution in [2.75, 3.05) is 13.2 Å². The SMILES string of the molecule is CC(=O)N[C@@H](O)[C@@H]1[C@H](C[C@H](O)COC(=O)[C@H](N)CCCN=C(N)N)O[C@](O)(C(=O)O)C[C@@H]1O. The molecule has 1 aliphatic rings. The zero-order valence-corrected chi connectivity index (χ0v) is 18.2. The van der Waals surface area contributed by atoms with Crippen LogP contribution in [0.2, 0.25) is 0 Å². The van der Waals surface area contributed by atoms with Gasteiger partial charge in [-0.15, -0.1) is 0 Å². The zero-order valence-electron chi connectivity index (χ0n) is 18.2.